The molecule has 5 heteroatoms. The molecule has 4 nitrogen and oxygen atoms in total. The molecule has 1 aromatic heterocycles. The monoisotopic (exact) mass is 364 g/mol. The fourth-order valence-corrected chi connectivity index (χ4v) is 2.68. The van der Waals surface area contributed by atoms with Gasteiger partial charge >= 0.3 is 0 Å². The second kappa shape index (κ2) is 7.03. The second-order valence-electron chi connectivity index (χ2n) is 4.89. The molecule has 0 radical (unpaired) electrons. The van der Waals surface area contributed by atoms with Crippen molar-refractivity contribution in [1.29, 1.82) is 5.26 Å². The molecule has 1 unspecified atom stereocenters. The van der Waals surface area contributed by atoms with Gasteiger partial charge < -0.3 is 5.32 Å². The molecule has 0 aliphatic rings. The first kappa shape index (κ1) is 15.2. The van der Waals surface area contributed by atoms with Crippen molar-refractivity contribution in [3.05, 3.63) is 83.7 Å². The molecule has 112 valence electrons. The van der Waals surface area contributed by atoms with Crippen molar-refractivity contribution in [3.63, 3.8) is 0 Å². The summed E-state index contributed by atoms with van der Waals surface area (Å²) >= 11 is 3.68. The lowest BCUT2D eigenvalue weighted by molar-refractivity contribution is 1.03. The summed E-state index contributed by atoms with van der Waals surface area (Å²) in [6.07, 6.45) is 1.73. The molecule has 2 aromatic carbocycles. The summed E-state index contributed by atoms with van der Waals surface area (Å²) in [4.78, 5) is 8.81. The van der Waals surface area contributed by atoms with Gasteiger partial charge in [0.15, 0.2) is 0 Å². The Bertz CT molecular complexity index is 826. The highest BCUT2D eigenvalue weighted by Gasteiger charge is 2.12. The Balaban J connectivity index is 1.81. The van der Waals surface area contributed by atoms with Crippen molar-refractivity contribution in [3.8, 4) is 6.07 Å². The molecule has 0 spiro atoms. The summed E-state index contributed by atoms with van der Waals surface area (Å²) in [7, 11) is 0. The predicted octanol–water partition coefficient (Wildman–Crippen LogP) is 4.58. The minimum atomic E-state index is 0.00761. The first-order valence-electron chi connectivity index (χ1n) is 7.05. The highest BCUT2D eigenvalue weighted by molar-refractivity contribution is 9.09. The summed E-state index contributed by atoms with van der Waals surface area (Å²) in [5, 5.41) is 12.0. The minimum Gasteiger partial charge on any atom is -0.324 e. The Morgan fingerprint density at radius 1 is 1.00 bits per heavy atom. The molecule has 0 aliphatic carbocycles. The van der Waals surface area contributed by atoms with Gasteiger partial charge in [0.1, 0.15) is 0 Å². The SMILES string of the molecule is N#Cc1ccc(Nc2nccc(C(Br)c3ccccc3)n2)cc1. The topological polar surface area (TPSA) is 61.6 Å². The summed E-state index contributed by atoms with van der Waals surface area (Å²) in [6, 6.07) is 21.2. The van der Waals surface area contributed by atoms with Crippen molar-refractivity contribution in [2.75, 3.05) is 5.32 Å². The van der Waals surface area contributed by atoms with Crippen LogP contribution in [0.5, 0.6) is 0 Å². The second-order valence-corrected chi connectivity index (χ2v) is 5.81. The van der Waals surface area contributed by atoms with Gasteiger partial charge in [0.05, 0.1) is 22.2 Å². The van der Waals surface area contributed by atoms with E-state index in [0.717, 1.165) is 16.9 Å². The smallest absolute Gasteiger partial charge is 0.227 e. The van der Waals surface area contributed by atoms with Crippen LogP contribution in [0.25, 0.3) is 0 Å². The molecule has 3 rings (SSSR count). The summed E-state index contributed by atoms with van der Waals surface area (Å²) < 4.78 is 0. The van der Waals surface area contributed by atoms with E-state index in [9.17, 15) is 0 Å². The normalized spacial score (nSPS) is 11.5. The van der Waals surface area contributed by atoms with Gasteiger partial charge in [-0.3, -0.25) is 0 Å². The third-order valence-corrected chi connectivity index (χ3v) is 4.30. The van der Waals surface area contributed by atoms with Gasteiger partial charge in [-0.1, -0.05) is 46.3 Å². The first-order valence-corrected chi connectivity index (χ1v) is 7.97. The highest BCUT2D eigenvalue weighted by atomic mass is 79.9. The number of benzene rings is 2. The van der Waals surface area contributed by atoms with E-state index in [2.05, 4.69) is 49.4 Å². The Morgan fingerprint density at radius 2 is 1.74 bits per heavy atom. The van der Waals surface area contributed by atoms with Crippen LogP contribution in [-0.2, 0) is 0 Å². The van der Waals surface area contributed by atoms with Gasteiger partial charge in [0.2, 0.25) is 5.95 Å². The molecule has 0 amide bonds. The molecular weight excluding hydrogens is 352 g/mol. The summed E-state index contributed by atoms with van der Waals surface area (Å²) in [5.41, 5.74) is 3.47. The van der Waals surface area contributed by atoms with Crippen LogP contribution in [0.2, 0.25) is 0 Å². The number of aromatic nitrogens is 2. The van der Waals surface area contributed by atoms with Crippen LogP contribution in [0.4, 0.5) is 11.6 Å². The number of hydrogen-bond donors (Lipinski definition) is 1. The van der Waals surface area contributed by atoms with Crippen molar-refractivity contribution in [1.82, 2.24) is 9.97 Å². The van der Waals surface area contributed by atoms with Gasteiger partial charge in [-0.25, -0.2) is 9.97 Å². The van der Waals surface area contributed by atoms with Gasteiger partial charge in [0.25, 0.3) is 0 Å². The quantitative estimate of drug-likeness (QED) is 0.688. The summed E-state index contributed by atoms with van der Waals surface area (Å²) in [5.74, 6) is 0.521. The lowest BCUT2D eigenvalue weighted by Gasteiger charge is -2.11. The van der Waals surface area contributed by atoms with E-state index in [0.29, 0.717) is 11.5 Å². The van der Waals surface area contributed by atoms with Crippen LogP contribution in [0.15, 0.2) is 66.9 Å². The van der Waals surface area contributed by atoms with Crippen molar-refractivity contribution in [2.45, 2.75) is 4.83 Å². The number of rotatable bonds is 4. The van der Waals surface area contributed by atoms with E-state index in [-0.39, 0.29) is 4.83 Å². The van der Waals surface area contributed by atoms with Crippen molar-refractivity contribution in [2.24, 2.45) is 0 Å². The predicted molar refractivity (Wildman–Crippen MR) is 93.7 cm³/mol. The maximum atomic E-state index is 8.82. The third kappa shape index (κ3) is 3.74. The number of nitrogens with zero attached hydrogens (tertiary/aromatic N) is 3. The highest BCUT2D eigenvalue weighted by Crippen LogP contribution is 2.29. The van der Waals surface area contributed by atoms with Gasteiger partial charge in [-0.2, -0.15) is 5.26 Å². The largest absolute Gasteiger partial charge is 0.324 e. The Hall–Kier alpha value is -2.71. The lowest BCUT2D eigenvalue weighted by Crippen LogP contribution is -2.02. The molecule has 0 saturated carbocycles. The van der Waals surface area contributed by atoms with Crippen molar-refractivity contribution < 1.29 is 0 Å². The minimum absolute atomic E-state index is 0.00761. The Morgan fingerprint density at radius 3 is 2.43 bits per heavy atom. The first-order chi connectivity index (χ1) is 11.3. The third-order valence-electron chi connectivity index (χ3n) is 3.30. The zero-order valence-corrected chi connectivity index (χ0v) is 13.7. The molecule has 0 saturated heterocycles. The van der Waals surface area contributed by atoms with Crippen LogP contribution in [0, 0.1) is 11.3 Å². The molecule has 23 heavy (non-hydrogen) atoms. The molecule has 1 atom stereocenters. The van der Waals surface area contributed by atoms with Crippen LogP contribution < -0.4 is 5.32 Å². The molecule has 0 bridgehead atoms. The van der Waals surface area contributed by atoms with Gasteiger partial charge in [0, 0.05) is 11.9 Å². The van der Waals surface area contributed by atoms with Crippen LogP contribution in [-0.4, -0.2) is 9.97 Å². The van der Waals surface area contributed by atoms with Crippen LogP contribution in [0.1, 0.15) is 21.6 Å². The average molecular weight is 365 g/mol. The van der Waals surface area contributed by atoms with E-state index >= 15 is 0 Å². The van der Waals surface area contributed by atoms with E-state index in [1.807, 2.05) is 36.4 Å². The molecule has 1 N–H and O–H groups in total. The Labute approximate surface area is 143 Å². The molecule has 1 heterocycles. The number of alkyl halides is 1. The van der Waals surface area contributed by atoms with E-state index in [1.165, 1.54) is 0 Å². The van der Waals surface area contributed by atoms with E-state index < -0.39 is 0 Å². The maximum absolute atomic E-state index is 8.82. The molecule has 0 fully saturated rings. The summed E-state index contributed by atoms with van der Waals surface area (Å²) in [6.45, 7) is 0. The molecule has 0 aliphatic heterocycles. The van der Waals surface area contributed by atoms with Gasteiger partial charge in [-0.15, -0.1) is 0 Å². The van der Waals surface area contributed by atoms with Crippen molar-refractivity contribution >= 4 is 27.6 Å². The maximum Gasteiger partial charge on any atom is 0.227 e. The number of anilines is 2. The van der Waals surface area contributed by atoms with Crippen LogP contribution >= 0.6 is 15.9 Å². The number of nitriles is 1. The zero-order valence-electron chi connectivity index (χ0n) is 12.1. The standard InChI is InChI=1S/C18H13BrN4/c19-17(14-4-2-1-3-5-14)16-10-11-21-18(23-16)22-15-8-6-13(12-20)7-9-15/h1-11,17H,(H,21,22,23). The molecule has 3 aromatic rings. The number of halogens is 1. The number of hydrogen-bond acceptors (Lipinski definition) is 4. The van der Waals surface area contributed by atoms with Gasteiger partial charge in [-0.05, 0) is 35.9 Å². The Kier molecular flexibility index (Phi) is 4.65. The zero-order chi connectivity index (χ0) is 16.1. The fraction of sp³-hybridized carbons (Fsp3) is 0.0556. The van der Waals surface area contributed by atoms with Crippen LogP contribution in [0.3, 0.4) is 0 Å². The fourth-order valence-electron chi connectivity index (χ4n) is 2.12. The lowest BCUT2D eigenvalue weighted by atomic mass is 10.1. The average Bonchev–Trinajstić information content (AvgIpc) is 2.63. The number of nitrogens with one attached hydrogen (secondary N) is 1. The van der Waals surface area contributed by atoms with E-state index in [4.69, 9.17) is 5.26 Å². The van der Waals surface area contributed by atoms with E-state index in [1.54, 1.807) is 18.3 Å². The molecular formula is C18H13BrN4.